The molecule has 0 unspecified atom stereocenters. The lowest BCUT2D eigenvalue weighted by Gasteiger charge is -2.21. The number of benzene rings is 5. The number of hydrogen-bond acceptors (Lipinski definition) is 10. The van der Waals surface area contributed by atoms with Gasteiger partial charge in [-0.05, 0) is 133 Å². The van der Waals surface area contributed by atoms with Crippen LogP contribution in [0.25, 0.3) is 0 Å². The lowest BCUT2D eigenvalue weighted by Crippen LogP contribution is -2.22. The van der Waals surface area contributed by atoms with Gasteiger partial charge in [-0.25, -0.2) is 0 Å². The smallest absolute Gasteiger partial charge is 0.488 e. The first-order valence-electron chi connectivity index (χ1n) is 17.3. The molecule has 0 saturated carbocycles. The highest BCUT2D eigenvalue weighted by molar-refractivity contribution is 7.99. The number of halogens is 3. The van der Waals surface area contributed by atoms with E-state index in [1.54, 1.807) is 35.7 Å². The maximum atomic E-state index is 10.7. The minimum atomic E-state index is -5.84. The van der Waals surface area contributed by atoms with Crippen LogP contribution in [-0.4, -0.2) is 61.9 Å². The van der Waals surface area contributed by atoms with Gasteiger partial charge in [0.25, 0.3) is 20.2 Å². The first-order valence-corrected chi connectivity index (χ1v) is 23.7. The molecule has 0 radical (unpaired) electrons. The van der Waals surface area contributed by atoms with Gasteiger partial charge in [-0.1, -0.05) is 77.6 Å². The van der Waals surface area contributed by atoms with Crippen LogP contribution >= 0.6 is 23.5 Å². The minimum absolute atomic E-state index is 0.0666. The van der Waals surface area contributed by atoms with E-state index in [0.29, 0.717) is 6.26 Å². The number of aryl methyl sites for hydroxylation is 1. The lowest BCUT2D eigenvalue weighted by molar-refractivity contribution is -0.0510. The molecule has 0 aliphatic carbocycles. The average molecular weight is 935 g/mol. The summed E-state index contributed by atoms with van der Waals surface area (Å²) >= 11 is 3.52. The van der Waals surface area contributed by atoms with Crippen molar-refractivity contribution in [2.24, 2.45) is 0 Å². The summed E-state index contributed by atoms with van der Waals surface area (Å²) in [6.45, 7) is 14.2. The molecule has 0 aliphatic rings. The normalized spacial score (nSPS) is 11.7. The number of rotatable bonds is 7. The molecule has 60 heavy (non-hydrogen) atoms. The van der Waals surface area contributed by atoms with Crippen molar-refractivity contribution in [3.8, 4) is 11.5 Å². The molecule has 3 N–H and O–H groups in total. The van der Waals surface area contributed by atoms with Gasteiger partial charge >= 0.3 is 15.6 Å². The zero-order valence-electron chi connectivity index (χ0n) is 34.0. The molecule has 11 nitrogen and oxygen atoms in total. The molecule has 330 valence electrons. The number of ether oxygens (including phenoxy) is 2. The fourth-order valence-corrected chi connectivity index (χ4v) is 5.97. The van der Waals surface area contributed by atoms with E-state index in [-0.39, 0.29) is 16.1 Å². The number of alkyl halides is 3. The van der Waals surface area contributed by atoms with E-state index in [2.05, 4.69) is 114 Å². The highest BCUT2D eigenvalue weighted by atomic mass is 32.2. The van der Waals surface area contributed by atoms with Crippen LogP contribution < -0.4 is 9.47 Å². The predicted molar refractivity (Wildman–Crippen MR) is 231 cm³/mol. The largest absolute Gasteiger partial charge is 0.522 e. The van der Waals surface area contributed by atoms with E-state index in [9.17, 15) is 30.0 Å². The van der Waals surface area contributed by atoms with Crippen molar-refractivity contribution >= 4 is 53.9 Å². The summed E-state index contributed by atoms with van der Waals surface area (Å²) in [6, 6.07) is 43.2. The summed E-state index contributed by atoms with van der Waals surface area (Å²) in [4.78, 5) is 4.89. The summed E-state index contributed by atoms with van der Waals surface area (Å²) in [7, 11) is -13.5. The molecule has 5 aromatic carbocycles. The maximum absolute atomic E-state index is 10.7. The van der Waals surface area contributed by atoms with Gasteiger partial charge in [0.05, 0.1) is 11.2 Å². The highest BCUT2D eigenvalue weighted by Gasteiger charge is 2.44. The van der Waals surface area contributed by atoms with Crippen LogP contribution in [0.15, 0.2) is 158 Å². The molecule has 19 heteroatoms. The van der Waals surface area contributed by atoms with Crippen molar-refractivity contribution in [1.82, 2.24) is 0 Å². The second kappa shape index (κ2) is 23.8. The molecule has 0 amide bonds. The first kappa shape index (κ1) is 53.9. The van der Waals surface area contributed by atoms with Crippen molar-refractivity contribution in [1.29, 1.82) is 0 Å². The third kappa shape index (κ3) is 26.9. The molecule has 0 aromatic heterocycles. The molecule has 0 fully saturated rings. The van der Waals surface area contributed by atoms with Crippen LogP contribution in [0.1, 0.15) is 47.1 Å². The minimum Gasteiger partial charge on any atom is -0.488 e. The highest BCUT2D eigenvalue weighted by Crippen LogP contribution is 2.31. The summed E-state index contributed by atoms with van der Waals surface area (Å²) in [5.74, 6) is 1.83. The zero-order valence-corrected chi connectivity index (χ0v) is 38.1. The second-order valence-corrected chi connectivity index (χ2v) is 20.7. The molecule has 5 rings (SSSR count). The Morgan fingerprint density at radius 2 is 0.750 bits per heavy atom. The molecule has 0 bridgehead atoms. The van der Waals surface area contributed by atoms with Crippen molar-refractivity contribution in [2.45, 2.75) is 89.7 Å². The van der Waals surface area contributed by atoms with E-state index < -0.39 is 35.9 Å². The van der Waals surface area contributed by atoms with E-state index in [0.717, 1.165) is 17.1 Å². The Balaban J connectivity index is 0.000000401. The maximum Gasteiger partial charge on any atom is 0.522 e. The van der Waals surface area contributed by atoms with Crippen LogP contribution in [-0.2, 0) is 30.4 Å². The Morgan fingerprint density at radius 3 is 0.983 bits per heavy atom. The van der Waals surface area contributed by atoms with Gasteiger partial charge < -0.3 is 9.47 Å². The van der Waals surface area contributed by atoms with E-state index >= 15 is 0 Å². The molecule has 0 aliphatic heterocycles. The van der Waals surface area contributed by atoms with E-state index in [1.165, 1.54) is 31.7 Å². The fraction of sp³-hybridized carbons (Fsp3) is 0.268. The van der Waals surface area contributed by atoms with Crippen LogP contribution in [0.4, 0.5) is 13.2 Å². The van der Waals surface area contributed by atoms with Gasteiger partial charge in [0.2, 0.25) is 0 Å². The Hall–Kier alpha value is -4.08. The van der Waals surface area contributed by atoms with Gasteiger partial charge in [-0.15, -0.1) is 0 Å². The SMILES string of the molecule is CC(C)(C)Oc1ccc(Sc2ccccc2)cc1.CC(C)(C)Oc1ccc(Sc2ccccc2)cc1.CS(=O)(=O)O.Cc1ccc(S(=O)(=O)O)cc1.O=S(=O)(O)C(F)(F)F. The van der Waals surface area contributed by atoms with Gasteiger partial charge in [-0.2, -0.15) is 38.4 Å². The molecule has 0 spiro atoms. The molecule has 5 aromatic rings. The third-order valence-corrected chi connectivity index (χ3v) is 9.55. The van der Waals surface area contributed by atoms with Crippen LogP contribution in [0.2, 0.25) is 0 Å². The van der Waals surface area contributed by atoms with Gasteiger partial charge in [0.1, 0.15) is 22.7 Å². The van der Waals surface area contributed by atoms with Gasteiger partial charge in [0, 0.05) is 19.6 Å². The third-order valence-electron chi connectivity index (χ3n) is 6.06. The van der Waals surface area contributed by atoms with Gasteiger partial charge in [0.15, 0.2) is 0 Å². The quantitative estimate of drug-likeness (QED) is 0.104. The van der Waals surface area contributed by atoms with Gasteiger partial charge in [-0.3, -0.25) is 13.7 Å². The average Bonchev–Trinajstić information content (AvgIpc) is 3.09. The van der Waals surface area contributed by atoms with E-state index in [1.807, 2.05) is 43.3 Å². The predicted octanol–water partition coefficient (Wildman–Crippen LogP) is 11.2. The fourth-order valence-electron chi connectivity index (χ4n) is 3.82. The Morgan fingerprint density at radius 1 is 0.483 bits per heavy atom. The van der Waals surface area contributed by atoms with Crippen LogP contribution in [0.3, 0.4) is 0 Å². The van der Waals surface area contributed by atoms with Crippen molar-refractivity contribution in [2.75, 3.05) is 6.26 Å². The Bertz CT molecular complexity index is 2230. The van der Waals surface area contributed by atoms with Crippen molar-refractivity contribution in [3.05, 3.63) is 139 Å². The second-order valence-electron chi connectivity index (χ2n) is 14.1. The summed E-state index contributed by atoms with van der Waals surface area (Å²) in [6.07, 6.45) is 0.715. The lowest BCUT2D eigenvalue weighted by atomic mass is 10.2. The molecule has 0 atom stereocenters. The Labute approximate surface area is 360 Å². The first-order chi connectivity index (χ1) is 27.3. The molecule has 0 saturated heterocycles. The number of hydrogen-bond donors (Lipinski definition) is 3. The molecule has 0 heterocycles. The standard InChI is InChI=1S/2C16H18OS.C7H8O3S.CHF3O3S.CH4O3S/c2*1-16(2,3)17-13-9-11-15(12-10-13)18-14-7-5-4-6-8-14;1-6-2-4-7(5-3-6)11(8,9)10;2-1(3,4)8(5,6)7;1-5(2,3)4/h2*4-12H,1-3H3;2-5H,1H3,(H,8,9,10);(H,5,6,7);1H3,(H,2,3,4). The van der Waals surface area contributed by atoms with Crippen molar-refractivity contribution < 1.29 is 61.6 Å². The van der Waals surface area contributed by atoms with E-state index in [4.69, 9.17) is 31.5 Å². The van der Waals surface area contributed by atoms with Crippen LogP contribution in [0, 0.1) is 6.92 Å². The molecular formula is C41H49F3O11S5. The summed E-state index contributed by atoms with van der Waals surface area (Å²) < 4.78 is 125. The van der Waals surface area contributed by atoms with Crippen molar-refractivity contribution in [3.63, 3.8) is 0 Å². The Kier molecular flexibility index (Phi) is 21.4. The monoisotopic (exact) mass is 934 g/mol. The molecular weight excluding hydrogens is 886 g/mol. The summed E-state index contributed by atoms with van der Waals surface area (Å²) in [5.41, 5.74) is -4.87. The van der Waals surface area contributed by atoms with Crippen LogP contribution in [0.5, 0.6) is 11.5 Å². The summed E-state index contributed by atoms with van der Waals surface area (Å²) in [5, 5.41) is 0. The zero-order chi connectivity index (χ0) is 46.0. The topological polar surface area (TPSA) is 182 Å².